The molecule has 1 saturated heterocycles. The number of rotatable bonds is 2. The monoisotopic (exact) mass is 286 g/mol. The Kier molecular flexibility index (Phi) is 3.53. The molecule has 1 aliphatic rings. The summed E-state index contributed by atoms with van der Waals surface area (Å²) in [5.41, 5.74) is 2.68. The maximum Gasteiger partial charge on any atom is 0.0409 e. The lowest BCUT2D eigenvalue weighted by Gasteiger charge is -2.27. The van der Waals surface area contributed by atoms with Crippen molar-refractivity contribution in [2.45, 2.75) is 37.8 Å². The lowest BCUT2D eigenvalue weighted by atomic mass is 9.83. The lowest BCUT2D eigenvalue weighted by Crippen LogP contribution is -2.37. The van der Waals surface area contributed by atoms with E-state index in [-0.39, 0.29) is 5.54 Å². The highest BCUT2D eigenvalue weighted by Crippen LogP contribution is 2.43. The van der Waals surface area contributed by atoms with Crippen molar-refractivity contribution in [1.29, 1.82) is 0 Å². The molecule has 1 N–H and O–H groups in total. The minimum Gasteiger partial charge on any atom is -0.304 e. The first kappa shape index (κ1) is 13.6. The molecule has 3 rings (SSSR count). The number of halogens is 1. The summed E-state index contributed by atoms with van der Waals surface area (Å²) in [6.07, 6.45) is 4.83. The second-order valence-electron chi connectivity index (χ2n) is 6.04. The van der Waals surface area contributed by atoms with Gasteiger partial charge in [-0.2, -0.15) is 0 Å². The Balaban J connectivity index is 1.89. The normalized spacial score (nSPS) is 24.8. The molecular formula is C17H19ClN2. The van der Waals surface area contributed by atoms with Gasteiger partial charge in [-0.05, 0) is 55.7 Å². The fourth-order valence-corrected chi connectivity index (χ4v) is 3.43. The van der Waals surface area contributed by atoms with Crippen molar-refractivity contribution in [2.75, 3.05) is 0 Å². The Hall–Kier alpha value is -1.38. The Morgan fingerprint density at radius 2 is 1.90 bits per heavy atom. The van der Waals surface area contributed by atoms with Gasteiger partial charge in [0, 0.05) is 34.9 Å². The van der Waals surface area contributed by atoms with E-state index in [2.05, 4.69) is 48.4 Å². The molecule has 2 atom stereocenters. The van der Waals surface area contributed by atoms with E-state index in [9.17, 15) is 0 Å². The summed E-state index contributed by atoms with van der Waals surface area (Å²) in [5, 5.41) is 4.54. The van der Waals surface area contributed by atoms with Gasteiger partial charge in [-0.15, -0.1) is 0 Å². The van der Waals surface area contributed by atoms with Crippen LogP contribution in [-0.2, 0) is 0 Å². The van der Waals surface area contributed by atoms with Crippen LogP contribution in [0.15, 0.2) is 48.8 Å². The topological polar surface area (TPSA) is 24.9 Å². The van der Waals surface area contributed by atoms with Crippen LogP contribution in [0.1, 0.15) is 43.4 Å². The van der Waals surface area contributed by atoms with Crippen LogP contribution in [0.5, 0.6) is 0 Å². The highest BCUT2D eigenvalue weighted by atomic mass is 35.5. The Morgan fingerprint density at radius 3 is 2.60 bits per heavy atom. The highest BCUT2D eigenvalue weighted by Gasteiger charge is 2.41. The first-order chi connectivity index (χ1) is 9.56. The van der Waals surface area contributed by atoms with E-state index < -0.39 is 0 Å². The average Bonchev–Trinajstić information content (AvgIpc) is 2.76. The third-order valence-corrected chi connectivity index (χ3v) is 4.48. The van der Waals surface area contributed by atoms with Gasteiger partial charge in [-0.1, -0.05) is 23.7 Å². The second kappa shape index (κ2) is 5.19. The minimum atomic E-state index is 0.0638. The van der Waals surface area contributed by atoms with E-state index in [1.54, 1.807) is 0 Å². The molecule has 0 unspecified atom stereocenters. The second-order valence-corrected chi connectivity index (χ2v) is 6.48. The first-order valence-electron chi connectivity index (χ1n) is 6.99. The van der Waals surface area contributed by atoms with E-state index in [4.69, 9.17) is 11.6 Å². The molecule has 0 radical (unpaired) electrons. The van der Waals surface area contributed by atoms with Crippen molar-refractivity contribution < 1.29 is 0 Å². The zero-order valence-corrected chi connectivity index (χ0v) is 12.6. The largest absolute Gasteiger partial charge is 0.304 e. The van der Waals surface area contributed by atoms with Crippen molar-refractivity contribution in [1.82, 2.24) is 10.3 Å². The summed E-state index contributed by atoms with van der Waals surface area (Å²) >= 11 is 6.11. The molecule has 104 valence electrons. The van der Waals surface area contributed by atoms with Gasteiger partial charge < -0.3 is 5.32 Å². The summed E-state index contributed by atoms with van der Waals surface area (Å²) in [6.45, 7) is 4.53. The van der Waals surface area contributed by atoms with Crippen molar-refractivity contribution >= 4 is 11.6 Å². The van der Waals surface area contributed by atoms with Gasteiger partial charge in [0.2, 0.25) is 0 Å². The van der Waals surface area contributed by atoms with Gasteiger partial charge in [0.1, 0.15) is 0 Å². The molecule has 1 fully saturated rings. The fourth-order valence-electron chi connectivity index (χ4n) is 3.23. The number of pyridine rings is 1. The molecule has 1 aliphatic heterocycles. The summed E-state index contributed by atoms with van der Waals surface area (Å²) in [4.78, 5) is 4.12. The van der Waals surface area contributed by atoms with Gasteiger partial charge in [0.05, 0.1) is 0 Å². The quantitative estimate of drug-likeness (QED) is 0.889. The number of aromatic nitrogens is 1. The van der Waals surface area contributed by atoms with Crippen LogP contribution in [0.2, 0.25) is 5.02 Å². The van der Waals surface area contributed by atoms with Crippen LogP contribution in [-0.4, -0.2) is 10.5 Å². The third kappa shape index (κ3) is 2.58. The molecule has 3 heteroatoms. The smallest absolute Gasteiger partial charge is 0.0409 e. The first-order valence-corrected chi connectivity index (χ1v) is 7.37. The molecule has 1 aromatic carbocycles. The van der Waals surface area contributed by atoms with Crippen LogP contribution in [0.4, 0.5) is 0 Å². The SMILES string of the molecule is CC1(C)N[C@H](c2cccc(Cl)c2)C[C@@H]1c1ccncc1. The lowest BCUT2D eigenvalue weighted by molar-refractivity contribution is 0.397. The molecule has 1 aromatic heterocycles. The summed E-state index contributed by atoms with van der Waals surface area (Å²) in [7, 11) is 0. The summed E-state index contributed by atoms with van der Waals surface area (Å²) in [6, 6.07) is 12.7. The van der Waals surface area contributed by atoms with Gasteiger partial charge in [-0.25, -0.2) is 0 Å². The number of nitrogens with zero attached hydrogens (tertiary/aromatic N) is 1. The van der Waals surface area contributed by atoms with E-state index in [1.807, 2.05) is 24.5 Å². The summed E-state index contributed by atoms with van der Waals surface area (Å²) < 4.78 is 0. The van der Waals surface area contributed by atoms with Crippen LogP contribution >= 0.6 is 11.6 Å². The zero-order valence-electron chi connectivity index (χ0n) is 11.8. The molecule has 0 bridgehead atoms. The standard InChI is InChI=1S/C17H19ClN2/c1-17(2)15(12-6-8-19-9-7-12)11-16(20-17)13-4-3-5-14(18)10-13/h3-10,15-16,20H,11H2,1-2H3/t15-,16+/m1/s1. The van der Waals surface area contributed by atoms with E-state index in [0.717, 1.165) is 11.4 Å². The minimum absolute atomic E-state index is 0.0638. The van der Waals surface area contributed by atoms with Crippen molar-refractivity contribution in [3.8, 4) is 0 Å². The molecule has 2 nitrogen and oxygen atoms in total. The molecule has 2 aromatic rings. The molecule has 0 saturated carbocycles. The molecular weight excluding hydrogens is 268 g/mol. The average molecular weight is 287 g/mol. The predicted molar refractivity (Wildman–Crippen MR) is 83.0 cm³/mol. The van der Waals surface area contributed by atoms with Gasteiger partial charge in [0.15, 0.2) is 0 Å². The van der Waals surface area contributed by atoms with Crippen molar-refractivity contribution in [3.63, 3.8) is 0 Å². The Labute approximate surface area is 125 Å². The van der Waals surface area contributed by atoms with E-state index in [0.29, 0.717) is 12.0 Å². The van der Waals surface area contributed by atoms with Crippen LogP contribution in [0, 0.1) is 0 Å². The predicted octanol–water partition coefficient (Wildman–Crippen LogP) is 4.33. The number of nitrogens with one attached hydrogen (secondary N) is 1. The summed E-state index contributed by atoms with van der Waals surface area (Å²) in [5.74, 6) is 0.481. The highest BCUT2D eigenvalue weighted by molar-refractivity contribution is 6.30. The maximum atomic E-state index is 6.11. The zero-order chi connectivity index (χ0) is 14.2. The number of hydrogen-bond acceptors (Lipinski definition) is 2. The van der Waals surface area contributed by atoms with Crippen LogP contribution in [0.3, 0.4) is 0 Å². The van der Waals surface area contributed by atoms with Gasteiger partial charge >= 0.3 is 0 Å². The van der Waals surface area contributed by atoms with Crippen LogP contribution in [0.25, 0.3) is 0 Å². The number of benzene rings is 1. The van der Waals surface area contributed by atoms with Crippen molar-refractivity contribution in [3.05, 3.63) is 64.9 Å². The molecule has 20 heavy (non-hydrogen) atoms. The molecule has 2 heterocycles. The molecule has 0 aliphatic carbocycles. The van der Waals surface area contributed by atoms with E-state index in [1.165, 1.54) is 11.1 Å². The van der Waals surface area contributed by atoms with E-state index >= 15 is 0 Å². The maximum absolute atomic E-state index is 6.11. The van der Waals surface area contributed by atoms with Crippen molar-refractivity contribution in [2.24, 2.45) is 0 Å². The molecule has 0 spiro atoms. The number of hydrogen-bond donors (Lipinski definition) is 1. The van der Waals surface area contributed by atoms with Gasteiger partial charge in [-0.3, -0.25) is 4.98 Å². The Bertz CT molecular complexity index is 595. The van der Waals surface area contributed by atoms with Gasteiger partial charge in [0.25, 0.3) is 0 Å². The van der Waals surface area contributed by atoms with Crippen LogP contribution < -0.4 is 5.32 Å². The third-order valence-electron chi connectivity index (χ3n) is 4.25. The fraction of sp³-hybridized carbons (Fsp3) is 0.353. The molecule has 0 amide bonds. The Morgan fingerprint density at radius 1 is 1.15 bits per heavy atom.